The molecule has 206 valence electrons. The minimum absolute atomic E-state index is 0.107. The van der Waals surface area contributed by atoms with Gasteiger partial charge in [0, 0.05) is 50.1 Å². The fourth-order valence-electron chi connectivity index (χ4n) is 4.16. The van der Waals surface area contributed by atoms with Crippen LogP contribution in [0.1, 0.15) is 22.8 Å². The number of aromatic nitrogens is 2. The largest absolute Gasteiger partial charge is 0.454 e. The second kappa shape index (κ2) is 11.5. The lowest BCUT2D eigenvalue weighted by molar-refractivity contribution is -0.171. The SMILES string of the molecule is CC(=O)OC(C(O)Nc1ccc(-c2noc(=O)[nH]2)cc1)C1OCCN(c2ccc(C)c(C(=O)N(C)C)c2)C1=O. The van der Waals surface area contributed by atoms with Crippen LogP contribution in [0.15, 0.2) is 51.8 Å². The van der Waals surface area contributed by atoms with Crippen molar-refractivity contribution in [2.75, 3.05) is 37.5 Å². The molecule has 1 saturated heterocycles. The Morgan fingerprint density at radius 2 is 1.92 bits per heavy atom. The number of aromatic amines is 1. The second-order valence-electron chi connectivity index (χ2n) is 9.16. The number of ether oxygens (including phenoxy) is 2. The van der Waals surface area contributed by atoms with Crippen LogP contribution in [-0.2, 0) is 19.1 Å². The number of aliphatic hydroxyl groups is 1. The van der Waals surface area contributed by atoms with Crippen LogP contribution in [0.2, 0.25) is 0 Å². The van der Waals surface area contributed by atoms with Crippen molar-refractivity contribution in [2.45, 2.75) is 32.3 Å². The summed E-state index contributed by atoms with van der Waals surface area (Å²) in [5.74, 6) is -1.91. The van der Waals surface area contributed by atoms with Crippen molar-refractivity contribution < 1.29 is 33.5 Å². The van der Waals surface area contributed by atoms with E-state index >= 15 is 0 Å². The van der Waals surface area contributed by atoms with Gasteiger partial charge in [-0.3, -0.25) is 23.9 Å². The smallest absolute Gasteiger partial charge is 0.439 e. The normalized spacial score (nSPS) is 16.9. The molecule has 0 aliphatic carbocycles. The summed E-state index contributed by atoms with van der Waals surface area (Å²) in [5, 5.41) is 17.4. The highest BCUT2D eigenvalue weighted by molar-refractivity contribution is 6.01. The first-order chi connectivity index (χ1) is 18.5. The molecule has 0 bridgehead atoms. The Balaban J connectivity index is 1.54. The Morgan fingerprint density at radius 1 is 1.21 bits per heavy atom. The third kappa shape index (κ3) is 6.16. The van der Waals surface area contributed by atoms with Crippen LogP contribution in [0.4, 0.5) is 11.4 Å². The number of benzene rings is 2. The predicted octanol–water partition coefficient (Wildman–Crippen LogP) is 1.13. The van der Waals surface area contributed by atoms with Crippen molar-refractivity contribution in [2.24, 2.45) is 0 Å². The van der Waals surface area contributed by atoms with E-state index in [9.17, 15) is 24.3 Å². The highest BCUT2D eigenvalue weighted by atomic mass is 16.6. The van der Waals surface area contributed by atoms with E-state index in [1.807, 2.05) is 0 Å². The quantitative estimate of drug-likeness (QED) is 0.279. The topological polar surface area (TPSA) is 167 Å². The number of morpholine rings is 1. The molecule has 13 nitrogen and oxygen atoms in total. The first-order valence-corrected chi connectivity index (χ1v) is 12.1. The van der Waals surface area contributed by atoms with Gasteiger partial charge in [0.15, 0.2) is 24.3 Å². The number of H-pyrrole nitrogens is 1. The van der Waals surface area contributed by atoms with E-state index < -0.39 is 36.1 Å². The molecular formula is C26H29N5O8. The monoisotopic (exact) mass is 539 g/mol. The van der Waals surface area contributed by atoms with Gasteiger partial charge in [0.1, 0.15) is 0 Å². The number of hydrogen-bond acceptors (Lipinski definition) is 10. The van der Waals surface area contributed by atoms with E-state index in [1.165, 1.54) is 9.80 Å². The summed E-state index contributed by atoms with van der Waals surface area (Å²) in [4.78, 5) is 54.6. The minimum atomic E-state index is -1.52. The zero-order valence-electron chi connectivity index (χ0n) is 21.8. The van der Waals surface area contributed by atoms with Gasteiger partial charge in [-0.15, -0.1) is 0 Å². The molecule has 2 aromatic carbocycles. The van der Waals surface area contributed by atoms with Crippen molar-refractivity contribution in [3.05, 3.63) is 64.1 Å². The Labute approximate surface area is 223 Å². The summed E-state index contributed by atoms with van der Waals surface area (Å²) in [6.07, 6.45) is -4.24. The third-order valence-corrected chi connectivity index (χ3v) is 6.12. The van der Waals surface area contributed by atoms with E-state index in [2.05, 4.69) is 20.0 Å². The lowest BCUT2D eigenvalue weighted by Gasteiger charge is -2.37. The number of nitrogens with one attached hydrogen (secondary N) is 2. The Hall–Kier alpha value is -4.49. The third-order valence-electron chi connectivity index (χ3n) is 6.12. The van der Waals surface area contributed by atoms with E-state index in [-0.39, 0.29) is 24.9 Å². The van der Waals surface area contributed by atoms with E-state index in [0.717, 1.165) is 12.5 Å². The molecule has 3 N–H and O–H groups in total. The van der Waals surface area contributed by atoms with Gasteiger partial charge >= 0.3 is 11.7 Å². The Kier molecular flexibility index (Phi) is 8.12. The van der Waals surface area contributed by atoms with Crippen LogP contribution in [0.3, 0.4) is 0 Å². The summed E-state index contributed by atoms with van der Waals surface area (Å²) in [6.45, 7) is 3.28. The van der Waals surface area contributed by atoms with Crippen molar-refractivity contribution in [3.8, 4) is 11.4 Å². The number of nitrogens with zero attached hydrogens (tertiary/aromatic N) is 3. The number of hydrogen-bond donors (Lipinski definition) is 3. The maximum Gasteiger partial charge on any atom is 0.439 e. The number of aryl methyl sites for hydroxylation is 1. The number of amides is 2. The van der Waals surface area contributed by atoms with Gasteiger partial charge in [-0.05, 0) is 48.9 Å². The molecule has 0 radical (unpaired) electrons. The van der Waals surface area contributed by atoms with Gasteiger partial charge in [0.25, 0.3) is 11.8 Å². The average molecular weight is 540 g/mol. The van der Waals surface area contributed by atoms with Crippen LogP contribution in [0.25, 0.3) is 11.4 Å². The fraction of sp³-hybridized carbons (Fsp3) is 0.346. The molecule has 2 amide bonds. The number of carbonyl (C=O) groups excluding carboxylic acids is 3. The number of anilines is 2. The maximum atomic E-state index is 13.5. The molecule has 1 fully saturated rings. The minimum Gasteiger partial charge on any atom is -0.454 e. The average Bonchev–Trinajstić information content (AvgIpc) is 3.34. The first kappa shape index (κ1) is 27.5. The predicted molar refractivity (Wildman–Crippen MR) is 139 cm³/mol. The standard InChI is InChI=1S/C26H29N5O8/c1-14-5-10-18(13-19(14)24(34)30(3)4)31-11-12-37-21(25(31)35)20(38-15(2)32)23(33)27-17-8-6-16(7-9-17)22-28-26(36)39-29-22/h5-10,13,20-21,23,27,33H,11-12H2,1-4H3,(H,28,29,36). The molecule has 3 unspecified atom stereocenters. The molecule has 0 spiro atoms. The van der Waals surface area contributed by atoms with Gasteiger partial charge in [-0.25, -0.2) is 4.79 Å². The Bertz CT molecular complexity index is 1410. The summed E-state index contributed by atoms with van der Waals surface area (Å²) in [5.41, 5.74) is 2.68. The number of esters is 1. The molecule has 1 aromatic heterocycles. The van der Waals surface area contributed by atoms with Crippen molar-refractivity contribution >= 4 is 29.2 Å². The lowest BCUT2D eigenvalue weighted by Crippen LogP contribution is -2.57. The van der Waals surface area contributed by atoms with Crippen molar-refractivity contribution in [1.82, 2.24) is 15.0 Å². The van der Waals surface area contributed by atoms with Gasteiger partial charge in [-0.1, -0.05) is 11.2 Å². The first-order valence-electron chi connectivity index (χ1n) is 12.1. The zero-order valence-corrected chi connectivity index (χ0v) is 21.8. The summed E-state index contributed by atoms with van der Waals surface area (Å²) >= 11 is 0. The number of aliphatic hydroxyl groups excluding tert-OH is 1. The molecule has 13 heteroatoms. The van der Waals surface area contributed by atoms with E-state index in [1.54, 1.807) is 63.5 Å². The molecule has 39 heavy (non-hydrogen) atoms. The maximum absolute atomic E-state index is 13.5. The highest BCUT2D eigenvalue weighted by Gasteiger charge is 2.42. The molecule has 3 atom stereocenters. The molecule has 1 aliphatic heterocycles. The summed E-state index contributed by atoms with van der Waals surface area (Å²) in [7, 11) is 3.29. The highest BCUT2D eigenvalue weighted by Crippen LogP contribution is 2.26. The fourth-order valence-corrected chi connectivity index (χ4v) is 4.16. The van der Waals surface area contributed by atoms with Gasteiger partial charge < -0.3 is 29.7 Å². The van der Waals surface area contributed by atoms with Crippen LogP contribution < -0.4 is 16.0 Å². The van der Waals surface area contributed by atoms with Gasteiger partial charge in [0.2, 0.25) is 0 Å². The van der Waals surface area contributed by atoms with E-state index in [4.69, 9.17) is 9.47 Å². The van der Waals surface area contributed by atoms with Crippen molar-refractivity contribution in [1.29, 1.82) is 0 Å². The molecular weight excluding hydrogens is 510 g/mol. The number of rotatable bonds is 8. The molecule has 1 aliphatic rings. The van der Waals surface area contributed by atoms with E-state index in [0.29, 0.717) is 22.5 Å². The summed E-state index contributed by atoms with van der Waals surface area (Å²) < 4.78 is 15.5. The zero-order chi connectivity index (χ0) is 28.3. The molecule has 4 rings (SSSR count). The van der Waals surface area contributed by atoms with Gasteiger partial charge in [-0.2, -0.15) is 0 Å². The lowest BCUT2D eigenvalue weighted by atomic mass is 10.0. The molecule has 2 heterocycles. The van der Waals surface area contributed by atoms with Crippen LogP contribution >= 0.6 is 0 Å². The van der Waals surface area contributed by atoms with Gasteiger partial charge in [0.05, 0.1) is 6.61 Å². The molecule has 0 saturated carbocycles. The van der Waals surface area contributed by atoms with Crippen LogP contribution in [-0.4, -0.2) is 83.6 Å². The Morgan fingerprint density at radius 3 is 2.54 bits per heavy atom. The second-order valence-corrected chi connectivity index (χ2v) is 9.16. The molecule has 3 aromatic rings. The van der Waals surface area contributed by atoms with Crippen LogP contribution in [0, 0.1) is 6.92 Å². The summed E-state index contributed by atoms with van der Waals surface area (Å²) in [6, 6.07) is 11.6. The van der Waals surface area contributed by atoms with Crippen LogP contribution in [0.5, 0.6) is 0 Å². The van der Waals surface area contributed by atoms with Crippen molar-refractivity contribution in [3.63, 3.8) is 0 Å². The number of carbonyl (C=O) groups is 3.